The van der Waals surface area contributed by atoms with Crippen LogP contribution in [0, 0.1) is 0 Å². The van der Waals surface area contributed by atoms with Gasteiger partial charge in [-0.2, -0.15) is 0 Å². The fraction of sp³-hybridized carbons (Fsp3) is 0.625. The summed E-state index contributed by atoms with van der Waals surface area (Å²) in [5, 5.41) is 8.68. The number of nitrogens with zero attached hydrogens (tertiary/aromatic N) is 1. The second kappa shape index (κ2) is 3.01. The molecule has 0 aromatic rings. The molecule has 2 fully saturated rings. The Labute approximate surface area is 75.5 Å². The molecule has 72 valence electrons. The van der Waals surface area contributed by atoms with Crippen molar-refractivity contribution in [2.75, 3.05) is 13.7 Å². The van der Waals surface area contributed by atoms with E-state index in [1.54, 1.807) is 0 Å². The Morgan fingerprint density at radius 3 is 3.15 bits per heavy atom. The molecule has 13 heavy (non-hydrogen) atoms. The van der Waals surface area contributed by atoms with E-state index in [4.69, 9.17) is 14.6 Å². The number of hydrogen-bond donors (Lipinski definition) is 1. The summed E-state index contributed by atoms with van der Waals surface area (Å²) in [5.41, 5.74) is 0. The Kier molecular flexibility index (Phi) is 1.97. The Morgan fingerprint density at radius 1 is 1.85 bits per heavy atom. The Balaban J connectivity index is 2.17. The van der Waals surface area contributed by atoms with Crippen molar-refractivity contribution < 1.29 is 19.4 Å². The van der Waals surface area contributed by atoms with Crippen molar-refractivity contribution in [1.82, 2.24) is 4.90 Å². The lowest BCUT2D eigenvalue weighted by atomic mass is 10.2. The minimum Gasteiger partial charge on any atom is -0.470 e. The Bertz CT molecular complexity index is 263. The van der Waals surface area contributed by atoms with E-state index in [0.717, 1.165) is 0 Å². The highest BCUT2D eigenvalue weighted by atomic mass is 16.6. The molecule has 2 aliphatic rings. The van der Waals surface area contributed by atoms with Gasteiger partial charge in [-0.1, -0.05) is 0 Å². The predicted octanol–water partition coefficient (Wildman–Crippen LogP) is -0.576. The van der Waals surface area contributed by atoms with Gasteiger partial charge in [0.1, 0.15) is 5.76 Å². The normalized spacial score (nSPS) is 34.5. The van der Waals surface area contributed by atoms with Crippen LogP contribution in [0.25, 0.3) is 0 Å². The number of fused-ring (bicyclic) bond motifs is 1. The van der Waals surface area contributed by atoms with Gasteiger partial charge in [0.15, 0.2) is 12.5 Å². The first-order chi connectivity index (χ1) is 6.27. The van der Waals surface area contributed by atoms with E-state index >= 15 is 0 Å². The highest BCUT2D eigenvalue weighted by Gasteiger charge is 2.50. The van der Waals surface area contributed by atoms with E-state index in [0.29, 0.717) is 12.2 Å². The van der Waals surface area contributed by atoms with Crippen LogP contribution < -0.4 is 0 Å². The van der Waals surface area contributed by atoms with Crippen LogP contribution in [0.5, 0.6) is 0 Å². The molecule has 0 saturated carbocycles. The summed E-state index contributed by atoms with van der Waals surface area (Å²) < 4.78 is 10.4. The largest absolute Gasteiger partial charge is 0.470 e. The maximum Gasteiger partial charge on any atom is 0.233 e. The number of hydrogen-bond acceptors (Lipinski definition) is 4. The molecule has 2 saturated heterocycles. The van der Waals surface area contributed by atoms with E-state index < -0.39 is 6.23 Å². The summed E-state index contributed by atoms with van der Waals surface area (Å²) in [4.78, 5) is 12.6. The highest BCUT2D eigenvalue weighted by molar-refractivity contribution is 5.83. The summed E-state index contributed by atoms with van der Waals surface area (Å²) in [6.07, 6.45) is 1.29. The van der Waals surface area contributed by atoms with E-state index in [1.807, 2.05) is 0 Å². The molecule has 0 aromatic heterocycles. The first-order valence-electron chi connectivity index (χ1n) is 4.09. The van der Waals surface area contributed by atoms with Crippen molar-refractivity contribution in [3.05, 3.63) is 11.8 Å². The number of ether oxygens (including phenoxy) is 2. The van der Waals surface area contributed by atoms with Crippen molar-refractivity contribution in [1.29, 1.82) is 0 Å². The van der Waals surface area contributed by atoms with Crippen molar-refractivity contribution >= 4 is 5.91 Å². The zero-order valence-corrected chi connectivity index (χ0v) is 7.27. The molecule has 2 heterocycles. The van der Waals surface area contributed by atoms with Gasteiger partial charge in [-0.05, 0) is 6.08 Å². The number of carbonyl (C=O) groups is 1. The number of methoxy groups -OCH3 is 1. The van der Waals surface area contributed by atoms with E-state index in [2.05, 4.69) is 0 Å². The van der Waals surface area contributed by atoms with Crippen LogP contribution in [-0.4, -0.2) is 42.1 Å². The van der Waals surface area contributed by atoms with Crippen molar-refractivity contribution in [3.63, 3.8) is 0 Å². The van der Waals surface area contributed by atoms with Gasteiger partial charge >= 0.3 is 0 Å². The zero-order chi connectivity index (χ0) is 9.42. The second-order valence-corrected chi connectivity index (χ2v) is 2.95. The minimum absolute atomic E-state index is 0.0261. The maximum atomic E-state index is 11.1. The minimum atomic E-state index is -0.446. The number of amides is 1. The molecule has 1 unspecified atom stereocenters. The lowest BCUT2D eigenvalue weighted by Crippen LogP contribution is -2.53. The lowest BCUT2D eigenvalue weighted by Gasteiger charge is -2.33. The number of aliphatic hydroxyl groups excluding tert-OH is 1. The number of rotatable bonds is 2. The summed E-state index contributed by atoms with van der Waals surface area (Å²) in [7, 11) is 1.51. The third-order valence-corrected chi connectivity index (χ3v) is 2.23. The van der Waals surface area contributed by atoms with E-state index in [9.17, 15) is 4.79 Å². The molecule has 2 aliphatic heterocycles. The zero-order valence-electron chi connectivity index (χ0n) is 7.27. The summed E-state index contributed by atoms with van der Waals surface area (Å²) in [5.74, 6) is 0.555. The summed E-state index contributed by atoms with van der Waals surface area (Å²) in [6.45, 7) is -0.107. The fourth-order valence-electron chi connectivity index (χ4n) is 1.60. The maximum absolute atomic E-state index is 11.1. The van der Waals surface area contributed by atoms with Crippen LogP contribution in [0.3, 0.4) is 0 Å². The molecule has 1 amide bonds. The topological polar surface area (TPSA) is 59.0 Å². The first kappa shape index (κ1) is 8.52. The first-order valence-corrected chi connectivity index (χ1v) is 4.09. The number of β-lactam (4-membered cyclic amide) rings is 1. The van der Waals surface area contributed by atoms with Crippen LogP contribution in [0.2, 0.25) is 0 Å². The standard InChI is InChI=1S/C8H11NO4/c1-12-8-5(2-3-10)13-7-4-6(11)9(7)8/h2,7-8,10H,3-4H2,1H3/b5-2+/t7-,8?/m1/s1. The molecule has 2 atom stereocenters. The third-order valence-electron chi connectivity index (χ3n) is 2.23. The Hall–Kier alpha value is -1.07. The molecule has 5 nitrogen and oxygen atoms in total. The molecule has 0 aromatic carbocycles. The molecular formula is C8H11NO4. The van der Waals surface area contributed by atoms with Gasteiger partial charge < -0.3 is 14.6 Å². The van der Waals surface area contributed by atoms with Crippen LogP contribution >= 0.6 is 0 Å². The molecule has 0 bridgehead atoms. The smallest absolute Gasteiger partial charge is 0.233 e. The third kappa shape index (κ3) is 1.12. The molecule has 0 spiro atoms. The van der Waals surface area contributed by atoms with E-state index in [-0.39, 0.29) is 18.7 Å². The highest BCUT2D eigenvalue weighted by Crippen LogP contribution is 2.36. The van der Waals surface area contributed by atoms with Gasteiger partial charge in [0.2, 0.25) is 5.91 Å². The number of aliphatic hydroxyl groups is 1. The SMILES string of the molecule is COC1/C(=C\CO)O[C@@H]2CC(=O)N12. The molecule has 2 rings (SSSR count). The molecular weight excluding hydrogens is 174 g/mol. The molecule has 0 aliphatic carbocycles. The average Bonchev–Trinajstić information content (AvgIpc) is 2.38. The van der Waals surface area contributed by atoms with Crippen LogP contribution in [0.1, 0.15) is 6.42 Å². The van der Waals surface area contributed by atoms with Crippen molar-refractivity contribution in [3.8, 4) is 0 Å². The molecule has 5 heteroatoms. The summed E-state index contributed by atoms with van der Waals surface area (Å²) >= 11 is 0. The predicted molar refractivity (Wildman–Crippen MR) is 42.3 cm³/mol. The fourth-order valence-corrected chi connectivity index (χ4v) is 1.60. The van der Waals surface area contributed by atoms with Gasteiger partial charge in [-0.15, -0.1) is 0 Å². The van der Waals surface area contributed by atoms with Crippen molar-refractivity contribution in [2.24, 2.45) is 0 Å². The van der Waals surface area contributed by atoms with Gasteiger partial charge in [0.05, 0.1) is 13.0 Å². The summed E-state index contributed by atoms with van der Waals surface area (Å²) in [6, 6.07) is 0. The monoisotopic (exact) mass is 185 g/mol. The molecule has 1 N–H and O–H groups in total. The average molecular weight is 185 g/mol. The van der Waals surface area contributed by atoms with Gasteiger partial charge in [0.25, 0.3) is 0 Å². The van der Waals surface area contributed by atoms with Crippen LogP contribution in [0.15, 0.2) is 11.8 Å². The lowest BCUT2D eigenvalue weighted by molar-refractivity contribution is -0.165. The number of carbonyl (C=O) groups excluding carboxylic acids is 1. The van der Waals surface area contributed by atoms with Gasteiger partial charge in [-0.3, -0.25) is 9.69 Å². The Morgan fingerprint density at radius 2 is 2.62 bits per heavy atom. The van der Waals surface area contributed by atoms with Gasteiger partial charge in [-0.25, -0.2) is 0 Å². The van der Waals surface area contributed by atoms with Crippen molar-refractivity contribution in [2.45, 2.75) is 18.9 Å². The second-order valence-electron chi connectivity index (χ2n) is 2.95. The van der Waals surface area contributed by atoms with Crippen LogP contribution in [-0.2, 0) is 14.3 Å². The quantitative estimate of drug-likeness (QED) is 0.585. The van der Waals surface area contributed by atoms with E-state index in [1.165, 1.54) is 18.1 Å². The van der Waals surface area contributed by atoms with Gasteiger partial charge in [0, 0.05) is 7.11 Å². The van der Waals surface area contributed by atoms with Crippen LogP contribution in [0.4, 0.5) is 0 Å². The molecule has 0 radical (unpaired) electrons.